The average molecular weight is 941 g/mol. The maximum atomic E-state index is 14.8. The number of pyridine rings is 2. The van der Waals surface area contributed by atoms with Crippen LogP contribution in [0.15, 0.2) is 48.8 Å². The van der Waals surface area contributed by atoms with Gasteiger partial charge in [-0.15, -0.1) is 0 Å². The van der Waals surface area contributed by atoms with Crippen LogP contribution in [0.3, 0.4) is 0 Å². The Kier molecular flexibility index (Phi) is 12.3. The van der Waals surface area contributed by atoms with Crippen molar-refractivity contribution in [1.29, 1.82) is 0 Å². The second kappa shape index (κ2) is 17.2. The second-order valence-electron chi connectivity index (χ2n) is 15.3. The number of hydrogen-bond donors (Lipinski definition) is 4. The molecule has 14 nitrogen and oxygen atoms in total. The number of halogens is 8. The van der Waals surface area contributed by atoms with Gasteiger partial charge in [-0.3, -0.25) is 29.2 Å². The molecule has 2 aliphatic carbocycles. The number of Topliss-reactive ketones (excluding diaryl/α,β-unsaturated/α-hetero) is 2. The van der Waals surface area contributed by atoms with Gasteiger partial charge in [-0.05, 0) is 60.4 Å². The Bertz CT molecular complexity index is 2850. The minimum atomic E-state index is -3.86. The van der Waals surface area contributed by atoms with E-state index < -0.39 is 114 Å². The highest BCUT2D eigenvalue weighted by molar-refractivity contribution is 7.92. The highest BCUT2D eigenvalue weighted by atomic mass is 32.2. The number of rotatable bonds is 16. The molecule has 0 radical (unpaired) electrons. The van der Waals surface area contributed by atoms with Crippen LogP contribution in [-0.2, 0) is 32.9 Å². The van der Waals surface area contributed by atoms with Gasteiger partial charge in [0.25, 0.3) is 11.8 Å². The Labute approximate surface area is 358 Å². The molecule has 2 aromatic carbocycles. The summed E-state index contributed by atoms with van der Waals surface area (Å²) in [6.45, 7) is 3.24. The Morgan fingerprint density at radius 1 is 0.656 bits per heavy atom. The van der Waals surface area contributed by atoms with E-state index in [9.17, 15) is 61.5 Å². The molecular weight excluding hydrogens is 905 g/mol. The normalized spacial score (nSPS) is 17.5. The lowest BCUT2D eigenvalue weighted by Gasteiger charge is -2.11. The predicted molar refractivity (Wildman–Crippen MR) is 217 cm³/mol. The lowest BCUT2D eigenvalue weighted by molar-refractivity contribution is 0.0976. The molecule has 0 amide bonds. The van der Waals surface area contributed by atoms with Gasteiger partial charge in [-0.25, -0.2) is 61.9 Å². The van der Waals surface area contributed by atoms with Gasteiger partial charge in [0.1, 0.15) is 11.6 Å². The van der Waals surface area contributed by atoms with Crippen molar-refractivity contribution in [3.8, 4) is 0 Å². The van der Waals surface area contributed by atoms with Crippen LogP contribution in [0.2, 0.25) is 0 Å². The summed E-state index contributed by atoms with van der Waals surface area (Å²) < 4.78 is 164. The van der Waals surface area contributed by atoms with Crippen LogP contribution in [0.25, 0.3) is 22.1 Å². The molecular formula is C40H36F8N8O6S2. The number of hydrogen-bond acceptors (Lipinski definition) is 10. The van der Waals surface area contributed by atoms with Crippen molar-refractivity contribution >= 4 is 65.1 Å². The number of carbonyl (C=O) groups is 2. The summed E-state index contributed by atoms with van der Waals surface area (Å²) in [4.78, 5) is 33.4. The number of aromatic amines is 2. The van der Waals surface area contributed by atoms with E-state index in [2.05, 4.69) is 30.4 Å². The standard InChI is InChI=1S/2C20H18F4N4O3S/c2*1-2-5-32(30,31)28-14-4-3-13(21)16(17(14)22)15(29)7-10-6-11-18(12-8-20(12,23)24)26-27-19(11)25-9-10/h2*3-4,6,9,12,28H,2,5,7-8H2,1H3,(H,25,26,27)/t12-;/m1./s1. The summed E-state index contributed by atoms with van der Waals surface area (Å²) in [6.07, 6.45) is 1.47. The summed E-state index contributed by atoms with van der Waals surface area (Å²) in [5, 5.41) is 13.4. The van der Waals surface area contributed by atoms with Crippen molar-refractivity contribution in [2.24, 2.45) is 0 Å². The number of H-pyrrole nitrogens is 2. The third kappa shape index (κ3) is 9.71. The third-order valence-electron chi connectivity index (χ3n) is 10.3. The zero-order valence-corrected chi connectivity index (χ0v) is 35.1. The van der Waals surface area contributed by atoms with Gasteiger partial charge in [0.15, 0.2) is 34.5 Å². The first-order chi connectivity index (χ1) is 30.0. The number of sulfonamides is 2. The van der Waals surface area contributed by atoms with Crippen LogP contribution in [-0.4, -0.2) is 82.1 Å². The molecule has 0 spiro atoms. The maximum Gasteiger partial charge on any atom is 0.257 e. The van der Waals surface area contributed by atoms with E-state index >= 15 is 0 Å². The van der Waals surface area contributed by atoms with E-state index in [1.54, 1.807) is 13.8 Å². The van der Waals surface area contributed by atoms with Crippen LogP contribution in [0, 0.1) is 23.3 Å². The highest BCUT2D eigenvalue weighted by Gasteiger charge is 2.60. The summed E-state index contributed by atoms with van der Waals surface area (Å²) in [6, 6.07) is 6.25. The Balaban J connectivity index is 0.000000191. The number of nitrogens with zero attached hydrogens (tertiary/aromatic N) is 4. The molecule has 1 unspecified atom stereocenters. The first-order valence-corrected chi connectivity index (χ1v) is 22.8. The van der Waals surface area contributed by atoms with Crippen molar-refractivity contribution in [2.75, 3.05) is 20.9 Å². The molecule has 64 heavy (non-hydrogen) atoms. The third-order valence-corrected chi connectivity index (χ3v) is 13.2. The first kappa shape index (κ1) is 46.0. The fourth-order valence-corrected chi connectivity index (χ4v) is 9.26. The zero-order chi connectivity index (χ0) is 46.5. The summed E-state index contributed by atoms with van der Waals surface area (Å²) >= 11 is 0. The van der Waals surface area contributed by atoms with Gasteiger partial charge >= 0.3 is 0 Å². The predicted octanol–water partition coefficient (Wildman–Crippen LogP) is 7.87. The van der Waals surface area contributed by atoms with Crippen LogP contribution in [0.4, 0.5) is 46.5 Å². The van der Waals surface area contributed by atoms with Gasteiger partial charge in [-0.1, -0.05) is 13.8 Å². The molecule has 4 aromatic heterocycles. The Morgan fingerprint density at radius 2 is 1.02 bits per heavy atom. The lowest BCUT2D eigenvalue weighted by atomic mass is 10.0. The minimum absolute atomic E-state index is 0.184. The SMILES string of the molecule is CCCS(=O)(=O)Nc1ccc(F)c(C(=O)Cc2cnc3n[nH]c(C4CC4(F)F)c3c2)c1F.CCCS(=O)(=O)Nc1ccc(F)c(C(=O)Cc2cnc3n[nH]c([C@H]4CC4(F)F)c3c2)c1F. The van der Waals surface area contributed by atoms with Crippen molar-refractivity contribution in [3.05, 3.63) is 106 Å². The number of ketones is 2. The first-order valence-electron chi connectivity index (χ1n) is 19.5. The largest absolute Gasteiger partial charge is 0.294 e. The monoisotopic (exact) mass is 940 g/mol. The van der Waals surface area contributed by atoms with Crippen LogP contribution >= 0.6 is 0 Å². The fraction of sp³-hybridized carbons (Fsp3) is 0.350. The molecule has 2 saturated carbocycles. The van der Waals surface area contributed by atoms with E-state index in [4.69, 9.17) is 0 Å². The second-order valence-corrected chi connectivity index (χ2v) is 19.0. The summed E-state index contributed by atoms with van der Waals surface area (Å²) in [5.41, 5.74) is -1.64. The average Bonchev–Trinajstić information content (AvgIpc) is 3.84. The fourth-order valence-electron chi connectivity index (χ4n) is 7.00. The number of nitrogens with one attached hydrogen (secondary N) is 4. The van der Waals surface area contributed by atoms with Crippen LogP contribution in [0.5, 0.6) is 0 Å². The Morgan fingerprint density at radius 3 is 1.34 bits per heavy atom. The van der Waals surface area contributed by atoms with E-state index in [1.165, 1.54) is 24.5 Å². The molecule has 0 aliphatic heterocycles. The van der Waals surface area contributed by atoms with E-state index in [0.29, 0.717) is 10.8 Å². The molecule has 8 rings (SSSR count). The number of alkyl halides is 4. The number of anilines is 2. The minimum Gasteiger partial charge on any atom is -0.294 e. The molecule has 4 heterocycles. The van der Waals surface area contributed by atoms with Gasteiger partial charge in [0, 0.05) is 48.8 Å². The molecule has 4 N–H and O–H groups in total. The lowest BCUT2D eigenvalue weighted by Crippen LogP contribution is -2.19. The molecule has 0 bridgehead atoms. The van der Waals surface area contributed by atoms with Crippen molar-refractivity contribution in [2.45, 2.75) is 76.1 Å². The van der Waals surface area contributed by atoms with Gasteiger partial charge in [0.05, 0.1) is 57.2 Å². The van der Waals surface area contributed by atoms with Gasteiger partial charge < -0.3 is 0 Å². The molecule has 2 atom stereocenters. The molecule has 0 saturated heterocycles. The summed E-state index contributed by atoms with van der Waals surface area (Å²) in [7, 11) is -7.72. The molecule has 2 fully saturated rings. The van der Waals surface area contributed by atoms with Crippen LogP contribution < -0.4 is 9.44 Å². The number of aromatic nitrogens is 6. The number of carbonyl (C=O) groups excluding carboxylic acids is 2. The summed E-state index contributed by atoms with van der Waals surface area (Å²) in [5.74, 6) is -15.2. The molecule has 24 heteroatoms. The quantitative estimate of drug-likeness (QED) is 0.0545. The van der Waals surface area contributed by atoms with Gasteiger partial charge in [0.2, 0.25) is 20.0 Å². The molecule has 6 aromatic rings. The zero-order valence-electron chi connectivity index (χ0n) is 33.5. The Hall–Kier alpha value is -6.04. The molecule has 2 aliphatic rings. The van der Waals surface area contributed by atoms with Crippen molar-refractivity contribution in [1.82, 2.24) is 30.4 Å². The maximum absolute atomic E-state index is 14.8. The molecule has 340 valence electrons. The van der Waals surface area contributed by atoms with E-state index in [-0.39, 0.29) is 71.0 Å². The number of fused-ring (bicyclic) bond motifs is 2. The van der Waals surface area contributed by atoms with E-state index in [1.807, 2.05) is 9.44 Å². The highest BCUT2D eigenvalue weighted by Crippen LogP contribution is 2.57. The topological polar surface area (TPSA) is 210 Å². The smallest absolute Gasteiger partial charge is 0.257 e. The van der Waals surface area contributed by atoms with Crippen molar-refractivity contribution < 1.29 is 61.5 Å². The number of benzene rings is 2. The van der Waals surface area contributed by atoms with Crippen LogP contribution in [0.1, 0.15) is 94.6 Å². The van der Waals surface area contributed by atoms with Crippen molar-refractivity contribution in [3.63, 3.8) is 0 Å². The van der Waals surface area contributed by atoms with E-state index in [0.717, 1.165) is 24.3 Å². The van der Waals surface area contributed by atoms with Gasteiger partial charge in [-0.2, -0.15) is 10.2 Å².